The monoisotopic (exact) mass is 231 g/mol. The van der Waals surface area contributed by atoms with Crippen molar-refractivity contribution in [1.29, 1.82) is 0 Å². The fourth-order valence-electron chi connectivity index (χ4n) is 3.56. The Bertz CT molecular complexity index is 336. The summed E-state index contributed by atoms with van der Waals surface area (Å²) in [4.78, 5) is 0. The predicted octanol–water partition coefficient (Wildman–Crippen LogP) is 4.09. The third kappa shape index (κ3) is 2.71. The summed E-state index contributed by atoms with van der Waals surface area (Å²) in [6.45, 7) is 4.61. The van der Waals surface area contributed by atoms with Crippen LogP contribution in [0.25, 0.3) is 0 Å². The molecule has 1 saturated carbocycles. The first-order valence-corrected chi connectivity index (χ1v) is 6.97. The van der Waals surface area contributed by atoms with Crippen molar-refractivity contribution in [3.8, 4) is 0 Å². The zero-order chi connectivity index (χ0) is 12.3. The van der Waals surface area contributed by atoms with Crippen LogP contribution in [0, 0.1) is 5.92 Å². The van der Waals surface area contributed by atoms with Crippen molar-refractivity contribution in [2.24, 2.45) is 11.7 Å². The van der Waals surface area contributed by atoms with E-state index in [0.29, 0.717) is 11.8 Å². The second-order valence-electron chi connectivity index (χ2n) is 5.93. The molecule has 0 spiro atoms. The van der Waals surface area contributed by atoms with Crippen LogP contribution in [0.15, 0.2) is 30.3 Å². The Kier molecular flexibility index (Phi) is 3.88. The standard InChI is InChI=1S/C16H25N/c1-13(2)15(14-9-5-3-6-10-14)16(17)11-7-4-8-12-16/h3,5-6,9-10,13,15H,4,7-8,11-12,17H2,1-2H3. The number of hydrogen-bond acceptors (Lipinski definition) is 1. The maximum absolute atomic E-state index is 6.74. The topological polar surface area (TPSA) is 26.0 Å². The highest BCUT2D eigenvalue weighted by Gasteiger charge is 2.38. The highest BCUT2D eigenvalue weighted by molar-refractivity contribution is 5.25. The fourth-order valence-corrected chi connectivity index (χ4v) is 3.56. The van der Waals surface area contributed by atoms with Gasteiger partial charge in [-0.2, -0.15) is 0 Å². The van der Waals surface area contributed by atoms with Gasteiger partial charge in [-0.15, -0.1) is 0 Å². The van der Waals surface area contributed by atoms with Gasteiger partial charge < -0.3 is 5.73 Å². The van der Waals surface area contributed by atoms with E-state index in [0.717, 1.165) is 0 Å². The van der Waals surface area contributed by atoms with E-state index in [2.05, 4.69) is 44.2 Å². The van der Waals surface area contributed by atoms with Crippen LogP contribution >= 0.6 is 0 Å². The Balaban J connectivity index is 2.28. The minimum absolute atomic E-state index is 0.0216. The molecule has 17 heavy (non-hydrogen) atoms. The lowest BCUT2D eigenvalue weighted by Crippen LogP contribution is -2.49. The first-order chi connectivity index (χ1) is 8.13. The van der Waals surface area contributed by atoms with Gasteiger partial charge in [0.1, 0.15) is 0 Å². The molecule has 1 unspecified atom stereocenters. The summed E-state index contributed by atoms with van der Waals surface area (Å²) < 4.78 is 0. The molecule has 0 aromatic heterocycles. The molecule has 0 aliphatic heterocycles. The van der Waals surface area contributed by atoms with E-state index >= 15 is 0 Å². The van der Waals surface area contributed by atoms with Crippen molar-refractivity contribution in [3.05, 3.63) is 35.9 Å². The summed E-state index contributed by atoms with van der Waals surface area (Å²) in [5.41, 5.74) is 8.18. The van der Waals surface area contributed by atoms with Gasteiger partial charge in [0, 0.05) is 11.5 Å². The van der Waals surface area contributed by atoms with Crippen LogP contribution < -0.4 is 5.73 Å². The van der Waals surface area contributed by atoms with E-state index in [1.807, 2.05) is 0 Å². The zero-order valence-electron chi connectivity index (χ0n) is 11.2. The molecule has 2 rings (SSSR count). The van der Waals surface area contributed by atoms with Crippen LogP contribution in [0.5, 0.6) is 0 Å². The van der Waals surface area contributed by atoms with Gasteiger partial charge in [-0.1, -0.05) is 63.4 Å². The number of hydrogen-bond donors (Lipinski definition) is 1. The molecule has 1 fully saturated rings. The van der Waals surface area contributed by atoms with Crippen LogP contribution in [0.1, 0.15) is 57.4 Å². The third-order valence-corrected chi connectivity index (χ3v) is 4.23. The van der Waals surface area contributed by atoms with E-state index < -0.39 is 0 Å². The van der Waals surface area contributed by atoms with E-state index in [1.54, 1.807) is 0 Å². The molecule has 0 saturated heterocycles. The van der Waals surface area contributed by atoms with Crippen LogP contribution in [0.2, 0.25) is 0 Å². The van der Waals surface area contributed by atoms with Crippen LogP contribution in [-0.2, 0) is 0 Å². The van der Waals surface area contributed by atoms with Gasteiger partial charge in [0.05, 0.1) is 0 Å². The zero-order valence-corrected chi connectivity index (χ0v) is 11.2. The molecule has 1 aliphatic rings. The Morgan fingerprint density at radius 2 is 1.59 bits per heavy atom. The van der Waals surface area contributed by atoms with E-state index in [4.69, 9.17) is 5.73 Å². The largest absolute Gasteiger partial charge is 0.325 e. The summed E-state index contributed by atoms with van der Waals surface area (Å²) in [5.74, 6) is 1.12. The Hall–Kier alpha value is -0.820. The summed E-state index contributed by atoms with van der Waals surface area (Å²) in [6.07, 6.45) is 6.33. The maximum Gasteiger partial charge on any atom is 0.0226 e. The molecule has 0 radical (unpaired) electrons. The van der Waals surface area contributed by atoms with Gasteiger partial charge in [0.2, 0.25) is 0 Å². The molecule has 1 aliphatic carbocycles. The van der Waals surface area contributed by atoms with Gasteiger partial charge in [-0.05, 0) is 24.3 Å². The first kappa shape index (κ1) is 12.6. The van der Waals surface area contributed by atoms with Crippen molar-refractivity contribution in [2.45, 2.75) is 57.4 Å². The van der Waals surface area contributed by atoms with E-state index in [9.17, 15) is 0 Å². The fraction of sp³-hybridized carbons (Fsp3) is 0.625. The minimum atomic E-state index is 0.0216. The Labute approximate surface area is 105 Å². The van der Waals surface area contributed by atoms with Crippen molar-refractivity contribution < 1.29 is 0 Å². The van der Waals surface area contributed by atoms with E-state index in [1.165, 1.54) is 37.7 Å². The summed E-state index contributed by atoms with van der Waals surface area (Å²) in [7, 11) is 0. The van der Waals surface area contributed by atoms with E-state index in [-0.39, 0.29) is 5.54 Å². The van der Waals surface area contributed by atoms with Crippen molar-refractivity contribution in [2.75, 3.05) is 0 Å². The Morgan fingerprint density at radius 3 is 2.12 bits per heavy atom. The lowest BCUT2D eigenvalue weighted by Gasteiger charge is -2.43. The lowest BCUT2D eigenvalue weighted by atomic mass is 9.67. The van der Waals surface area contributed by atoms with Gasteiger partial charge in [0.25, 0.3) is 0 Å². The molecule has 1 heteroatoms. The summed E-state index contributed by atoms with van der Waals surface area (Å²) in [5, 5.41) is 0. The van der Waals surface area contributed by atoms with Crippen LogP contribution in [0.4, 0.5) is 0 Å². The highest BCUT2D eigenvalue weighted by atomic mass is 14.8. The molecule has 1 nitrogen and oxygen atoms in total. The number of benzene rings is 1. The molecular weight excluding hydrogens is 206 g/mol. The second-order valence-corrected chi connectivity index (χ2v) is 5.93. The van der Waals surface area contributed by atoms with Gasteiger partial charge >= 0.3 is 0 Å². The van der Waals surface area contributed by atoms with Gasteiger partial charge in [0.15, 0.2) is 0 Å². The van der Waals surface area contributed by atoms with Crippen molar-refractivity contribution in [1.82, 2.24) is 0 Å². The van der Waals surface area contributed by atoms with Crippen molar-refractivity contribution in [3.63, 3.8) is 0 Å². The average molecular weight is 231 g/mol. The molecule has 94 valence electrons. The predicted molar refractivity (Wildman–Crippen MR) is 74.0 cm³/mol. The number of nitrogens with two attached hydrogens (primary N) is 1. The van der Waals surface area contributed by atoms with Crippen molar-refractivity contribution >= 4 is 0 Å². The second kappa shape index (κ2) is 5.22. The lowest BCUT2D eigenvalue weighted by molar-refractivity contribution is 0.210. The first-order valence-electron chi connectivity index (χ1n) is 6.97. The van der Waals surface area contributed by atoms with Gasteiger partial charge in [-0.25, -0.2) is 0 Å². The highest BCUT2D eigenvalue weighted by Crippen LogP contribution is 2.42. The molecule has 1 aromatic carbocycles. The summed E-state index contributed by atoms with van der Waals surface area (Å²) >= 11 is 0. The molecular formula is C16H25N. The quantitative estimate of drug-likeness (QED) is 0.833. The molecule has 0 bridgehead atoms. The Morgan fingerprint density at radius 1 is 1.00 bits per heavy atom. The molecule has 0 amide bonds. The summed E-state index contributed by atoms with van der Waals surface area (Å²) in [6, 6.07) is 10.8. The van der Waals surface area contributed by atoms with Crippen LogP contribution in [-0.4, -0.2) is 5.54 Å². The smallest absolute Gasteiger partial charge is 0.0226 e. The normalized spacial score (nSPS) is 21.4. The third-order valence-electron chi connectivity index (χ3n) is 4.23. The molecule has 1 aromatic rings. The SMILES string of the molecule is CC(C)C(c1ccccc1)C1(N)CCCCC1. The molecule has 1 atom stereocenters. The minimum Gasteiger partial charge on any atom is -0.325 e. The molecule has 2 N–H and O–H groups in total. The van der Waals surface area contributed by atoms with Gasteiger partial charge in [-0.3, -0.25) is 0 Å². The van der Waals surface area contributed by atoms with Crippen LogP contribution in [0.3, 0.4) is 0 Å². The molecule has 0 heterocycles. The maximum atomic E-state index is 6.74. The average Bonchev–Trinajstić information content (AvgIpc) is 2.30. The number of rotatable bonds is 3.